The summed E-state index contributed by atoms with van der Waals surface area (Å²) in [5, 5.41) is 13.3. The smallest absolute Gasteiger partial charge is 0.326 e. The van der Waals surface area contributed by atoms with Gasteiger partial charge in [-0.25, -0.2) is 4.68 Å². The van der Waals surface area contributed by atoms with E-state index in [-0.39, 0.29) is 12.3 Å². The number of aromatic nitrogens is 4. The van der Waals surface area contributed by atoms with Crippen molar-refractivity contribution < 1.29 is 13.6 Å². The SMILES string of the molecule is Cc1nn(C(F)F)c(C)c1CC(=O)Nc1ccc(-c2ccn[nH]2)cc1. The van der Waals surface area contributed by atoms with Crippen molar-refractivity contribution in [2.45, 2.75) is 26.8 Å². The van der Waals surface area contributed by atoms with E-state index in [1.165, 1.54) is 6.92 Å². The van der Waals surface area contributed by atoms with Crippen LogP contribution in [0.2, 0.25) is 0 Å². The molecule has 0 saturated carbocycles. The fourth-order valence-corrected chi connectivity index (χ4v) is 2.66. The van der Waals surface area contributed by atoms with Gasteiger partial charge in [0, 0.05) is 23.1 Å². The van der Waals surface area contributed by atoms with Crippen molar-refractivity contribution in [2.75, 3.05) is 5.32 Å². The van der Waals surface area contributed by atoms with Crippen molar-refractivity contribution in [3.05, 3.63) is 53.5 Å². The summed E-state index contributed by atoms with van der Waals surface area (Å²) in [6, 6.07) is 9.11. The summed E-state index contributed by atoms with van der Waals surface area (Å²) in [6.45, 7) is 0.437. The Labute approximate surface area is 142 Å². The normalized spacial score (nSPS) is 11.1. The Balaban J connectivity index is 1.69. The number of rotatable bonds is 5. The Morgan fingerprint density at radius 2 is 1.96 bits per heavy atom. The van der Waals surface area contributed by atoms with Crippen LogP contribution < -0.4 is 5.32 Å². The average molecular weight is 345 g/mol. The van der Waals surface area contributed by atoms with E-state index in [9.17, 15) is 13.6 Å². The largest absolute Gasteiger partial charge is 0.333 e. The fraction of sp³-hybridized carbons (Fsp3) is 0.235. The molecular weight excluding hydrogens is 328 g/mol. The highest BCUT2D eigenvalue weighted by Crippen LogP contribution is 2.21. The van der Waals surface area contributed by atoms with E-state index in [0.29, 0.717) is 27.3 Å². The van der Waals surface area contributed by atoms with E-state index in [2.05, 4.69) is 20.6 Å². The molecule has 1 amide bonds. The van der Waals surface area contributed by atoms with E-state index in [1.54, 1.807) is 25.3 Å². The molecule has 0 spiro atoms. The maximum absolute atomic E-state index is 12.9. The molecule has 130 valence electrons. The quantitative estimate of drug-likeness (QED) is 0.743. The summed E-state index contributed by atoms with van der Waals surface area (Å²) in [7, 11) is 0. The second kappa shape index (κ2) is 6.84. The van der Waals surface area contributed by atoms with Crippen molar-refractivity contribution in [2.24, 2.45) is 0 Å². The van der Waals surface area contributed by atoms with E-state index in [0.717, 1.165) is 11.3 Å². The van der Waals surface area contributed by atoms with Crippen LogP contribution in [0.1, 0.15) is 23.5 Å². The zero-order valence-electron chi connectivity index (χ0n) is 13.8. The highest BCUT2D eigenvalue weighted by molar-refractivity contribution is 5.92. The van der Waals surface area contributed by atoms with Crippen LogP contribution in [0, 0.1) is 13.8 Å². The standard InChI is InChI=1S/C17H17F2N5O/c1-10-14(11(2)24(23-10)17(18)19)9-16(25)21-13-5-3-12(4-6-13)15-7-8-20-22-15/h3-8,17H,9H2,1-2H3,(H,20,22)(H,21,25). The van der Waals surface area contributed by atoms with Gasteiger partial charge >= 0.3 is 6.55 Å². The fourth-order valence-electron chi connectivity index (χ4n) is 2.66. The number of benzene rings is 1. The number of hydrogen-bond donors (Lipinski definition) is 2. The number of hydrogen-bond acceptors (Lipinski definition) is 3. The van der Waals surface area contributed by atoms with Gasteiger partial charge in [0.2, 0.25) is 5.91 Å². The highest BCUT2D eigenvalue weighted by atomic mass is 19.3. The van der Waals surface area contributed by atoms with E-state index >= 15 is 0 Å². The second-order valence-corrected chi connectivity index (χ2v) is 5.64. The molecule has 1 aromatic carbocycles. The Hall–Kier alpha value is -3.03. The van der Waals surface area contributed by atoms with Crippen LogP contribution in [0.25, 0.3) is 11.3 Å². The lowest BCUT2D eigenvalue weighted by atomic mass is 10.1. The van der Waals surface area contributed by atoms with Gasteiger partial charge in [-0.15, -0.1) is 0 Å². The average Bonchev–Trinajstić information content (AvgIpc) is 3.20. The van der Waals surface area contributed by atoms with Crippen LogP contribution in [0.15, 0.2) is 36.5 Å². The number of aryl methyl sites for hydroxylation is 1. The monoisotopic (exact) mass is 345 g/mol. The predicted octanol–water partition coefficient (Wildman–Crippen LogP) is 3.47. The number of aromatic amines is 1. The molecule has 6 nitrogen and oxygen atoms in total. The van der Waals surface area contributed by atoms with Gasteiger partial charge in [-0.05, 0) is 37.6 Å². The first kappa shape index (κ1) is 16.8. The molecule has 0 saturated heterocycles. The lowest BCUT2D eigenvalue weighted by molar-refractivity contribution is -0.115. The van der Waals surface area contributed by atoms with Crippen molar-refractivity contribution in [1.82, 2.24) is 20.0 Å². The molecule has 2 N–H and O–H groups in total. The maximum Gasteiger partial charge on any atom is 0.333 e. The molecule has 0 unspecified atom stereocenters. The Morgan fingerprint density at radius 1 is 1.24 bits per heavy atom. The molecule has 3 aromatic rings. The third kappa shape index (κ3) is 3.57. The predicted molar refractivity (Wildman–Crippen MR) is 89.3 cm³/mol. The number of halogens is 2. The van der Waals surface area contributed by atoms with E-state index in [4.69, 9.17) is 0 Å². The molecule has 0 aliphatic heterocycles. The summed E-state index contributed by atoms with van der Waals surface area (Å²) in [6.07, 6.45) is 1.65. The molecule has 0 atom stereocenters. The maximum atomic E-state index is 12.9. The van der Waals surface area contributed by atoms with Gasteiger partial charge in [-0.1, -0.05) is 12.1 Å². The Bertz CT molecular complexity index is 869. The van der Waals surface area contributed by atoms with Crippen LogP contribution in [-0.2, 0) is 11.2 Å². The number of amides is 1. The Morgan fingerprint density at radius 3 is 2.52 bits per heavy atom. The first-order valence-electron chi connectivity index (χ1n) is 7.68. The van der Waals surface area contributed by atoms with Gasteiger partial charge < -0.3 is 5.32 Å². The van der Waals surface area contributed by atoms with Gasteiger partial charge in [0.25, 0.3) is 0 Å². The molecule has 0 aliphatic carbocycles. The molecule has 2 heterocycles. The summed E-state index contributed by atoms with van der Waals surface area (Å²) in [4.78, 5) is 12.2. The van der Waals surface area contributed by atoms with Crippen LogP contribution in [0.5, 0.6) is 0 Å². The highest BCUT2D eigenvalue weighted by Gasteiger charge is 2.19. The number of carbonyl (C=O) groups is 1. The molecule has 8 heteroatoms. The lowest BCUT2D eigenvalue weighted by Crippen LogP contribution is -2.15. The molecule has 2 aromatic heterocycles. The van der Waals surface area contributed by atoms with Crippen LogP contribution >= 0.6 is 0 Å². The van der Waals surface area contributed by atoms with Gasteiger partial charge in [-0.3, -0.25) is 9.89 Å². The number of carbonyl (C=O) groups excluding carboxylic acids is 1. The second-order valence-electron chi connectivity index (χ2n) is 5.64. The van der Waals surface area contributed by atoms with Crippen molar-refractivity contribution in [3.8, 4) is 11.3 Å². The number of nitrogens with one attached hydrogen (secondary N) is 2. The lowest BCUT2D eigenvalue weighted by Gasteiger charge is -2.07. The minimum atomic E-state index is -2.72. The van der Waals surface area contributed by atoms with Gasteiger partial charge in [0.05, 0.1) is 17.8 Å². The van der Waals surface area contributed by atoms with Gasteiger partial charge in [0.15, 0.2) is 0 Å². The van der Waals surface area contributed by atoms with Crippen LogP contribution in [0.3, 0.4) is 0 Å². The number of nitrogens with zero attached hydrogens (tertiary/aromatic N) is 3. The number of alkyl halides is 2. The summed E-state index contributed by atoms with van der Waals surface area (Å²) in [5.74, 6) is -0.283. The van der Waals surface area contributed by atoms with Crippen LogP contribution in [-0.4, -0.2) is 25.9 Å². The molecule has 0 aliphatic rings. The Kier molecular flexibility index (Phi) is 4.60. The van der Waals surface area contributed by atoms with Crippen molar-refractivity contribution in [3.63, 3.8) is 0 Å². The first-order chi connectivity index (χ1) is 12.0. The van der Waals surface area contributed by atoms with Crippen LogP contribution in [0.4, 0.5) is 14.5 Å². The number of anilines is 1. The zero-order valence-corrected chi connectivity index (χ0v) is 13.8. The topological polar surface area (TPSA) is 75.6 Å². The van der Waals surface area contributed by atoms with E-state index < -0.39 is 6.55 Å². The van der Waals surface area contributed by atoms with Gasteiger partial charge in [-0.2, -0.15) is 19.0 Å². The van der Waals surface area contributed by atoms with E-state index in [1.807, 2.05) is 18.2 Å². The van der Waals surface area contributed by atoms with Crippen molar-refractivity contribution in [1.29, 1.82) is 0 Å². The summed E-state index contributed by atoms with van der Waals surface area (Å²) >= 11 is 0. The van der Waals surface area contributed by atoms with Crippen molar-refractivity contribution >= 4 is 11.6 Å². The minimum Gasteiger partial charge on any atom is -0.326 e. The van der Waals surface area contributed by atoms with Gasteiger partial charge in [0.1, 0.15) is 0 Å². The third-order valence-electron chi connectivity index (χ3n) is 3.98. The molecule has 0 radical (unpaired) electrons. The first-order valence-corrected chi connectivity index (χ1v) is 7.68. The molecule has 0 bridgehead atoms. The summed E-state index contributed by atoms with van der Waals surface area (Å²) in [5.41, 5.74) is 3.71. The summed E-state index contributed by atoms with van der Waals surface area (Å²) < 4.78 is 26.3. The molecule has 3 rings (SSSR count). The molecule has 0 fully saturated rings. The molecular formula is C17H17F2N5O. The third-order valence-corrected chi connectivity index (χ3v) is 3.98. The number of H-pyrrole nitrogens is 1. The molecule has 25 heavy (non-hydrogen) atoms. The minimum absolute atomic E-state index is 0.00726. The zero-order chi connectivity index (χ0) is 18.0.